The van der Waals surface area contributed by atoms with E-state index in [1.807, 2.05) is 30.9 Å². The molecule has 114 valence electrons. The Labute approximate surface area is 134 Å². The topological polar surface area (TPSA) is 45.5 Å². The van der Waals surface area contributed by atoms with Crippen molar-refractivity contribution in [2.45, 2.75) is 19.9 Å². The van der Waals surface area contributed by atoms with Crippen LogP contribution in [0.15, 0.2) is 22.6 Å². The van der Waals surface area contributed by atoms with Crippen LogP contribution in [-0.4, -0.2) is 36.5 Å². The third-order valence-electron chi connectivity index (χ3n) is 3.85. The Bertz CT molecular complexity index is 669. The zero-order chi connectivity index (χ0) is 14.3. The fourth-order valence-electron chi connectivity index (χ4n) is 2.67. The fraction of sp³-hybridized carbons (Fsp3) is 0.400. The predicted molar refractivity (Wildman–Crippen MR) is 86.6 cm³/mol. The van der Waals surface area contributed by atoms with Gasteiger partial charge in [-0.3, -0.25) is 4.79 Å². The van der Waals surface area contributed by atoms with Gasteiger partial charge in [0.1, 0.15) is 5.58 Å². The van der Waals surface area contributed by atoms with E-state index in [1.165, 1.54) is 0 Å². The Balaban J connectivity index is 0.00000161. The lowest BCUT2D eigenvalue weighted by Crippen LogP contribution is -2.52. The van der Waals surface area contributed by atoms with Crippen molar-refractivity contribution in [3.8, 4) is 0 Å². The molecule has 1 atom stereocenters. The highest BCUT2D eigenvalue weighted by Gasteiger charge is 2.28. The Morgan fingerprint density at radius 1 is 1.48 bits per heavy atom. The third kappa shape index (κ3) is 2.89. The molecular formula is C15H18Cl2N2O2. The molecule has 1 aromatic carbocycles. The van der Waals surface area contributed by atoms with Gasteiger partial charge in [-0.25, -0.2) is 0 Å². The molecule has 2 heterocycles. The number of carbonyl (C=O) groups is 1. The van der Waals surface area contributed by atoms with Crippen molar-refractivity contribution < 1.29 is 9.21 Å². The molecule has 1 aliphatic rings. The number of halogens is 2. The summed E-state index contributed by atoms with van der Waals surface area (Å²) < 4.78 is 5.75. The maximum Gasteiger partial charge on any atom is 0.290 e. The molecule has 1 N–H and O–H groups in total. The molecule has 0 bridgehead atoms. The van der Waals surface area contributed by atoms with Crippen LogP contribution in [0.5, 0.6) is 0 Å². The number of hydrogen-bond acceptors (Lipinski definition) is 3. The molecule has 6 heteroatoms. The van der Waals surface area contributed by atoms with Gasteiger partial charge in [0.2, 0.25) is 0 Å². The highest BCUT2D eigenvalue weighted by molar-refractivity contribution is 6.31. The number of amides is 1. The second-order valence-electron chi connectivity index (χ2n) is 5.25. The van der Waals surface area contributed by atoms with E-state index in [2.05, 4.69) is 5.32 Å². The zero-order valence-electron chi connectivity index (χ0n) is 12.0. The van der Waals surface area contributed by atoms with Crippen LogP contribution < -0.4 is 5.32 Å². The minimum absolute atomic E-state index is 0. The molecule has 21 heavy (non-hydrogen) atoms. The minimum Gasteiger partial charge on any atom is -0.451 e. The van der Waals surface area contributed by atoms with Crippen LogP contribution in [0.1, 0.15) is 23.0 Å². The van der Waals surface area contributed by atoms with Crippen molar-refractivity contribution >= 4 is 40.9 Å². The fourth-order valence-corrected chi connectivity index (χ4v) is 2.84. The predicted octanol–water partition coefficient (Wildman–Crippen LogP) is 3.25. The second-order valence-corrected chi connectivity index (χ2v) is 5.68. The van der Waals surface area contributed by atoms with Crippen LogP contribution in [0.2, 0.25) is 5.02 Å². The van der Waals surface area contributed by atoms with E-state index < -0.39 is 0 Å². The van der Waals surface area contributed by atoms with Crippen LogP contribution in [0.4, 0.5) is 0 Å². The summed E-state index contributed by atoms with van der Waals surface area (Å²) in [7, 11) is 0. The summed E-state index contributed by atoms with van der Waals surface area (Å²) >= 11 is 6.01. The van der Waals surface area contributed by atoms with Gasteiger partial charge in [-0.05, 0) is 32.0 Å². The van der Waals surface area contributed by atoms with Crippen LogP contribution in [0, 0.1) is 6.92 Å². The number of aryl methyl sites for hydroxylation is 1. The zero-order valence-corrected chi connectivity index (χ0v) is 13.6. The Hall–Kier alpha value is -1.23. The first-order valence-corrected chi connectivity index (χ1v) is 7.16. The molecule has 0 aliphatic carbocycles. The quantitative estimate of drug-likeness (QED) is 0.874. The summed E-state index contributed by atoms with van der Waals surface area (Å²) in [6, 6.07) is 5.60. The van der Waals surface area contributed by atoms with Gasteiger partial charge in [0.25, 0.3) is 5.91 Å². The van der Waals surface area contributed by atoms with Gasteiger partial charge >= 0.3 is 0 Å². The largest absolute Gasteiger partial charge is 0.451 e. The van der Waals surface area contributed by atoms with Gasteiger partial charge in [0.15, 0.2) is 5.76 Å². The lowest BCUT2D eigenvalue weighted by molar-refractivity contribution is 0.0624. The third-order valence-corrected chi connectivity index (χ3v) is 4.09. The molecule has 0 saturated carbocycles. The molecule has 1 amide bonds. The minimum atomic E-state index is -0.0381. The summed E-state index contributed by atoms with van der Waals surface area (Å²) in [6.07, 6.45) is 0. The molecule has 2 aromatic rings. The van der Waals surface area contributed by atoms with Crippen molar-refractivity contribution in [2.75, 3.05) is 19.6 Å². The van der Waals surface area contributed by atoms with E-state index in [9.17, 15) is 4.79 Å². The number of nitrogens with one attached hydrogen (secondary N) is 1. The standard InChI is InChI=1S/C15H17ClN2O2.ClH/c1-9-8-17-5-6-18(9)15(19)14-10(2)12-7-11(16)3-4-13(12)20-14;/h3-4,7,9,17H,5-6,8H2,1-2H3;1H. The number of fused-ring (bicyclic) bond motifs is 1. The lowest BCUT2D eigenvalue weighted by atomic mass is 10.1. The average molecular weight is 329 g/mol. The molecule has 0 spiro atoms. The van der Waals surface area contributed by atoms with Crippen LogP contribution >= 0.6 is 24.0 Å². The van der Waals surface area contributed by atoms with Crippen molar-refractivity contribution in [3.63, 3.8) is 0 Å². The van der Waals surface area contributed by atoms with Crippen LogP contribution in [0.25, 0.3) is 11.0 Å². The Morgan fingerprint density at radius 3 is 2.95 bits per heavy atom. The average Bonchev–Trinajstić information content (AvgIpc) is 2.76. The number of hydrogen-bond donors (Lipinski definition) is 1. The number of nitrogens with zero attached hydrogens (tertiary/aromatic N) is 1. The van der Waals surface area contributed by atoms with Gasteiger partial charge in [-0.15, -0.1) is 12.4 Å². The summed E-state index contributed by atoms with van der Waals surface area (Å²) in [4.78, 5) is 14.5. The number of benzene rings is 1. The molecule has 1 aliphatic heterocycles. The van der Waals surface area contributed by atoms with E-state index >= 15 is 0 Å². The number of rotatable bonds is 1. The van der Waals surface area contributed by atoms with Crippen molar-refractivity contribution in [2.24, 2.45) is 0 Å². The highest BCUT2D eigenvalue weighted by Crippen LogP contribution is 2.29. The van der Waals surface area contributed by atoms with Crippen molar-refractivity contribution in [1.29, 1.82) is 0 Å². The van der Waals surface area contributed by atoms with Gasteiger partial charge in [-0.2, -0.15) is 0 Å². The molecule has 1 saturated heterocycles. The van der Waals surface area contributed by atoms with E-state index in [-0.39, 0.29) is 24.4 Å². The van der Waals surface area contributed by atoms with Gasteiger partial charge in [0, 0.05) is 41.6 Å². The molecule has 0 radical (unpaired) electrons. The monoisotopic (exact) mass is 328 g/mol. The molecule has 1 unspecified atom stereocenters. The Kier molecular flexibility index (Phi) is 4.81. The maximum atomic E-state index is 12.7. The number of furan rings is 1. The lowest BCUT2D eigenvalue weighted by Gasteiger charge is -2.33. The SMILES string of the molecule is Cc1c(C(=O)N2CCNCC2C)oc2ccc(Cl)cc12.Cl. The Morgan fingerprint density at radius 2 is 2.24 bits per heavy atom. The molecule has 3 rings (SSSR count). The molecule has 1 aromatic heterocycles. The first-order chi connectivity index (χ1) is 9.58. The van der Waals surface area contributed by atoms with Crippen molar-refractivity contribution in [1.82, 2.24) is 10.2 Å². The summed E-state index contributed by atoms with van der Waals surface area (Å²) in [5, 5.41) is 4.83. The molecule has 4 nitrogen and oxygen atoms in total. The summed E-state index contributed by atoms with van der Waals surface area (Å²) in [6.45, 7) is 6.29. The summed E-state index contributed by atoms with van der Waals surface area (Å²) in [5.41, 5.74) is 1.57. The second kappa shape index (κ2) is 6.26. The highest BCUT2D eigenvalue weighted by atomic mass is 35.5. The van der Waals surface area contributed by atoms with Crippen molar-refractivity contribution in [3.05, 3.63) is 34.5 Å². The molecular weight excluding hydrogens is 311 g/mol. The first kappa shape index (κ1) is 16.1. The van der Waals surface area contributed by atoms with E-state index in [1.54, 1.807) is 6.07 Å². The summed E-state index contributed by atoms with van der Waals surface area (Å²) in [5.74, 6) is 0.389. The van der Waals surface area contributed by atoms with Gasteiger partial charge in [-0.1, -0.05) is 11.6 Å². The van der Waals surface area contributed by atoms with Crippen LogP contribution in [0.3, 0.4) is 0 Å². The number of piperazine rings is 1. The van der Waals surface area contributed by atoms with E-state index in [0.717, 1.165) is 24.0 Å². The van der Waals surface area contributed by atoms with E-state index in [0.29, 0.717) is 22.9 Å². The van der Waals surface area contributed by atoms with E-state index in [4.69, 9.17) is 16.0 Å². The first-order valence-electron chi connectivity index (χ1n) is 6.78. The smallest absolute Gasteiger partial charge is 0.290 e. The molecule has 1 fully saturated rings. The van der Waals surface area contributed by atoms with Gasteiger partial charge < -0.3 is 14.6 Å². The van der Waals surface area contributed by atoms with Gasteiger partial charge in [0.05, 0.1) is 0 Å². The van der Waals surface area contributed by atoms with Crippen LogP contribution in [-0.2, 0) is 0 Å². The normalized spacial score (nSPS) is 18.6. The number of carbonyl (C=O) groups excluding carboxylic acids is 1. The maximum absolute atomic E-state index is 12.7.